The van der Waals surface area contributed by atoms with Crippen LogP contribution in [-0.4, -0.2) is 39.8 Å². The van der Waals surface area contributed by atoms with Crippen molar-refractivity contribution in [1.82, 2.24) is 14.9 Å². The van der Waals surface area contributed by atoms with Crippen LogP contribution >= 0.6 is 0 Å². The van der Waals surface area contributed by atoms with Crippen LogP contribution in [0.4, 0.5) is 4.39 Å². The number of esters is 1. The first kappa shape index (κ1) is 12.8. The Hall–Kier alpha value is -2.64. The van der Waals surface area contributed by atoms with Gasteiger partial charge in [-0.25, -0.2) is 9.18 Å². The van der Waals surface area contributed by atoms with Crippen molar-refractivity contribution in [3.63, 3.8) is 0 Å². The maximum absolute atomic E-state index is 12.8. The predicted molar refractivity (Wildman–Crippen MR) is 60.1 cm³/mol. The summed E-state index contributed by atoms with van der Waals surface area (Å²) in [7, 11) is 1.22. The number of rotatable bonds is 4. The van der Waals surface area contributed by atoms with Crippen LogP contribution in [0.3, 0.4) is 0 Å². The molecule has 100 valence electrons. The lowest BCUT2D eigenvalue weighted by molar-refractivity contribution is -0.143. The van der Waals surface area contributed by atoms with Crippen LogP contribution in [-0.2, 0) is 9.53 Å². The number of carbonyl (C=O) groups excluding carboxylic acids is 1. The van der Waals surface area contributed by atoms with Gasteiger partial charge < -0.3 is 14.7 Å². The summed E-state index contributed by atoms with van der Waals surface area (Å²) in [6.07, 6.45) is 0. The largest absolute Gasteiger partial charge is 0.466 e. The van der Waals surface area contributed by atoms with E-state index in [1.165, 1.54) is 31.4 Å². The van der Waals surface area contributed by atoms with Gasteiger partial charge in [0.25, 0.3) is 0 Å². The van der Waals surface area contributed by atoms with Crippen LogP contribution in [0.15, 0.2) is 24.3 Å². The summed E-state index contributed by atoms with van der Waals surface area (Å²) >= 11 is 0. The van der Waals surface area contributed by atoms with Gasteiger partial charge in [-0.2, -0.15) is 4.98 Å². The highest BCUT2D eigenvalue weighted by Gasteiger charge is 2.13. The SMILES string of the molecule is COC(=O)COc1nc(-c2ccc(F)cc2)n(O)n1. The van der Waals surface area contributed by atoms with Gasteiger partial charge in [-0.3, -0.25) is 0 Å². The minimum atomic E-state index is -0.599. The van der Waals surface area contributed by atoms with Crippen molar-refractivity contribution in [2.24, 2.45) is 0 Å². The number of hydrogen-bond donors (Lipinski definition) is 1. The Kier molecular flexibility index (Phi) is 3.60. The van der Waals surface area contributed by atoms with Crippen LogP contribution in [0, 0.1) is 5.82 Å². The first-order chi connectivity index (χ1) is 9.10. The molecule has 0 saturated heterocycles. The molecule has 0 bridgehead atoms. The minimum absolute atomic E-state index is 0.0693. The van der Waals surface area contributed by atoms with Crippen molar-refractivity contribution in [2.45, 2.75) is 0 Å². The Morgan fingerprint density at radius 2 is 2.11 bits per heavy atom. The maximum Gasteiger partial charge on any atom is 0.344 e. The average molecular weight is 267 g/mol. The van der Waals surface area contributed by atoms with E-state index in [9.17, 15) is 14.4 Å². The van der Waals surface area contributed by atoms with Crippen molar-refractivity contribution >= 4 is 5.97 Å². The van der Waals surface area contributed by atoms with Crippen LogP contribution < -0.4 is 4.74 Å². The van der Waals surface area contributed by atoms with E-state index in [1.54, 1.807) is 0 Å². The molecule has 0 saturated carbocycles. The van der Waals surface area contributed by atoms with E-state index in [-0.39, 0.29) is 18.4 Å². The van der Waals surface area contributed by atoms with Crippen molar-refractivity contribution in [1.29, 1.82) is 0 Å². The zero-order valence-corrected chi connectivity index (χ0v) is 9.91. The molecule has 1 N–H and O–H groups in total. The van der Waals surface area contributed by atoms with Gasteiger partial charge in [0.05, 0.1) is 7.11 Å². The van der Waals surface area contributed by atoms with E-state index in [2.05, 4.69) is 14.8 Å². The lowest BCUT2D eigenvalue weighted by atomic mass is 10.2. The number of nitrogens with zero attached hydrogens (tertiary/aromatic N) is 3. The summed E-state index contributed by atoms with van der Waals surface area (Å²) in [4.78, 5) is 15.2. The average Bonchev–Trinajstić information content (AvgIpc) is 2.78. The van der Waals surface area contributed by atoms with E-state index in [0.29, 0.717) is 10.4 Å². The first-order valence-electron chi connectivity index (χ1n) is 5.22. The quantitative estimate of drug-likeness (QED) is 0.653. The Morgan fingerprint density at radius 1 is 1.42 bits per heavy atom. The smallest absolute Gasteiger partial charge is 0.344 e. The van der Waals surface area contributed by atoms with Gasteiger partial charge in [-0.1, -0.05) is 9.94 Å². The number of benzene rings is 1. The number of halogens is 1. The van der Waals surface area contributed by atoms with E-state index < -0.39 is 11.8 Å². The molecule has 0 fully saturated rings. The number of ether oxygens (including phenoxy) is 2. The van der Waals surface area contributed by atoms with E-state index in [1.807, 2.05) is 0 Å². The highest BCUT2D eigenvalue weighted by Crippen LogP contribution is 2.19. The third kappa shape index (κ3) is 2.97. The molecule has 2 rings (SSSR count). The second-order valence-electron chi connectivity index (χ2n) is 3.48. The standard InChI is InChI=1S/C11H10FN3O4/c1-18-9(16)6-19-11-13-10(15(17)14-11)7-2-4-8(12)5-3-7/h2-5,17H,6H2,1H3. The summed E-state index contributed by atoms with van der Waals surface area (Å²) in [5, 5.41) is 13.1. The van der Waals surface area contributed by atoms with Crippen LogP contribution in [0.5, 0.6) is 6.01 Å². The van der Waals surface area contributed by atoms with Crippen LogP contribution in [0.1, 0.15) is 0 Å². The molecule has 0 aliphatic rings. The highest BCUT2D eigenvalue weighted by atomic mass is 19.1. The van der Waals surface area contributed by atoms with Gasteiger partial charge in [0.2, 0.25) is 5.82 Å². The Labute approximate surface area is 107 Å². The predicted octanol–water partition coefficient (Wildman–Crippen LogP) is 0.873. The molecule has 7 nitrogen and oxygen atoms in total. The van der Waals surface area contributed by atoms with Crippen LogP contribution in [0.2, 0.25) is 0 Å². The second kappa shape index (κ2) is 5.34. The third-order valence-corrected chi connectivity index (χ3v) is 2.22. The Bertz CT molecular complexity index is 582. The molecule has 0 amide bonds. The molecule has 0 aliphatic carbocycles. The van der Waals surface area contributed by atoms with E-state index in [0.717, 1.165) is 0 Å². The molecule has 1 aromatic heterocycles. The lowest BCUT2D eigenvalue weighted by Gasteiger charge is -1.98. The van der Waals surface area contributed by atoms with Crippen molar-refractivity contribution in [3.8, 4) is 17.4 Å². The topological polar surface area (TPSA) is 86.5 Å². The fraction of sp³-hybridized carbons (Fsp3) is 0.182. The Balaban J connectivity index is 2.16. The fourth-order valence-electron chi connectivity index (χ4n) is 1.31. The van der Waals surface area contributed by atoms with Gasteiger partial charge in [-0.05, 0) is 24.3 Å². The number of hydrogen-bond acceptors (Lipinski definition) is 6. The summed E-state index contributed by atoms with van der Waals surface area (Å²) in [5.74, 6) is -0.938. The first-order valence-corrected chi connectivity index (χ1v) is 5.22. The lowest BCUT2D eigenvalue weighted by Crippen LogP contribution is -2.13. The van der Waals surface area contributed by atoms with E-state index >= 15 is 0 Å². The molecule has 19 heavy (non-hydrogen) atoms. The van der Waals surface area contributed by atoms with E-state index in [4.69, 9.17) is 4.74 Å². The molecule has 1 aromatic carbocycles. The van der Waals surface area contributed by atoms with Gasteiger partial charge in [0, 0.05) is 5.56 Å². The van der Waals surface area contributed by atoms with Gasteiger partial charge in [0.1, 0.15) is 5.82 Å². The molecular formula is C11H10FN3O4. The summed E-state index contributed by atoms with van der Waals surface area (Å²) in [6, 6.07) is 5.11. The third-order valence-electron chi connectivity index (χ3n) is 2.22. The monoisotopic (exact) mass is 267 g/mol. The molecule has 0 atom stereocenters. The second-order valence-corrected chi connectivity index (χ2v) is 3.48. The zero-order chi connectivity index (χ0) is 13.8. The zero-order valence-electron chi connectivity index (χ0n) is 9.91. The Morgan fingerprint density at radius 3 is 2.74 bits per heavy atom. The van der Waals surface area contributed by atoms with Gasteiger partial charge >= 0.3 is 12.0 Å². The number of carbonyl (C=O) groups is 1. The number of aromatic nitrogens is 3. The molecule has 8 heteroatoms. The van der Waals surface area contributed by atoms with Crippen molar-refractivity contribution in [2.75, 3.05) is 13.7 Å². The molecule has 0 radical (unpaired) electrons. The molecule has 0 aliphatic heterocycles. The normalized spacial score (nSPS) is 10.2. The fourth-order valence-corrected chi connectivity index (χ4v) is 1.31. The van der Waals surface area contributed by atoms with Crippen LogP contribution in [0.25, 0.3) is 11.4 Å². The molecule has 0 spiro atoms. The van der Waals surface area contributed by atoms with Crippen molar-refractivity contribution in [3.05, 3.63) is 30.1 Å². The summed E-state index contributed by atoms with van der Waals surface area (Å²) in [5.41, 5.74) is 0.448. The maximum atomic E-state index is 12.8. The minimum Gasteiger partial charge on any atom is -0.466 e. The van der Waals surface area contributed by atoms with Crippen molar-refractivity contribution < 1.29 is 23.9 Å². The number of methoxy groups -OCH3 is 1. The van der Waals surface area contributed by atoms with Gasteiger partial charge in [0.15, 0.2) is 6.61 Å². The summed E-state index contributed by atoms with van der Waals surface area (Å²) < 4.78 is 22.1. The highest BCUT2D eigenvalue weighted by molar-refractivity contribution is 5.70. The molecule has 0 unspecified atom stereocenters. The molecular weight excluding hydrogens is 257 g/mol. The van der Waals surface area contributed by atoms with Gasteiger partial charge in [-0.15, -0.1) is 0 Å². The molecule has 2 aromatic rings. The molecule has 1 heterocycles. The summed E-state index contributed by atoms with van der Waals surface area (Å²) in [6.45, 7) is -0.372.